The number of hydrogen-bond acceptors (Lipinski definition) is 10. The Morgan fingerprint density at radius 1 is 1.00 bits per heavy atom. The number of nitrogens with zero attached hydrogens (tertiary/aromatic N) is 4. The number of hydrogen-bond donors (Lipinski definition) is 4. The van der Waals surface area contributed by atoms with E-state index in [1.54, 1.807) is 12.0 Å². The van der Waals surface area contributed by atoms with Gasteiger partial charge in [-0.3, -0.25) is 19.2 Å². The molecule has 0 saturated carbocycles. The summed E-state index contributed by atoms with van der Waals surface area (Å²) >= 11 is 0. The molecule has 0 radical (unpaired) electrons. The molecule has 4 N–H and O–H groups in total. The Morgan fingerprint density at radius 2 is 1.77 bits per heavy atom. The summed E-state index contributed by atoms with van der Waals surface area (Å²) in [7, 11) is -0.774. The van der Waals surface area contributed by atoms with Gasteiger partial charge in [-0.1, -0.05) is 72.9 Å². The van der Waals surface area contributed by atoms with Crippen molar-refractivity contribution < 1.29 is 34.0 Å². The molecule has 0 bridgehead atoms. The molecule has 5 aromatic rings. The first-order valence-corrected chi connectivity index (χ1v) is 24.9. The van der Waals surface area contributed by atoms with Crippen molar-refractivity contribution in [2.24, 2.45) is 5.92 Å². The van der Waals surface area contributed by atoms with E-state index >= 15 is 0 Å². The second-order valence-electron chi connectivity index (χ2n) is 17.2. The molecule has 2 unspecified atom stereocenters. The van der Waals surface area contributed by atoms with Crippen molar-refractivity contribution in [1.82, 2.24) is 20.3 Å². The number of nitrogens with one attached hydrogen (secondary N) is 2. The van der Waals surface area contributed by atoms with E-state index in [1.807, 2.05) is 96.7 Å². The summed E-state index contributed by atoms with van der Waals surface area (Å²) in [5.41, 5.74) is 4.07. The highest BCUT2D eigenvalue weighted by Gasteiger charge is 2.64. The van der Waals surface area contributed by atoms with Crippen LogP contribution < -0.4 is 30.2 Å². The lowest BCUT2D eigenvalue weighted by molar-refractivity contribution is -0.143. The molecule has 8 rings (SSSR count). The Hall–Kier alpha value is -5.38. The van der Waals surface area contributed by atoms with Crippen LogP contribution in [0.2, 0.25) is 18.6 Å². The van der Waals surface area contributed by atoms with E-state index in [0.717, 1.165) is 40.3 Å². The maximum Gasteiger partial charge on any atom is 0.261 e. The highest BCUT2D eigenvalue weighted by atomic mass is 28.3. The van der Waals surface area contributed by atoms with Gasteiger partial charge in [-0.15, -0.1) is 5.10 Å². The Labute approximate surface area is 364 Å². The number of fused-ring (bicyclic) bond motifs is 3. The zero-order chi connectivity index (χ0) is 43.6. The first-order chi connectivity index (χ1) is 30.0. The predicted molar refractivity (Wildman–Crippen MR) is 241 cm³/mol. The third-order valence-electron chi connectivity index (χ3n) is 13.3. The molecule has 4 aromatic carbocycles. The van der Waals surface area contributed by atoms with Gasteiger partial charge in [0, 0.05) is 42.2 Å². The minimum Gasteiger partial charge on any atom is -0.497 e. The lowest BCUT2D eigenvalue weighted by Gasteiger charge is -2.37. The van der Waals surface area contributed by atoms with E-state index in [0.29, 0.717) is 56.0 Å². The average molecular weight is 859 g/mol. The van der Waals surface area contributed by atoms with Crippen LogP contribution in [0.3, 0.4) is 0 Å². The van der Waals surface area contributed by atoms with Crippen molar-refractivity contribution in [2.45, 2.75) is 88.4 Å². The van der Waals surface area contributed by atoms with E-state index < -0.39 is 19.7 Å². The molecule has 62 heavy (non-hydrogen) atoms. The third-order valence-corrected chi connectivity index (χ3v) is 17.7. The lowest BCUT2D eigenvalue weighted by Crippen LogP contribution is -2.51. The maximum absolute atomic E-state index is 14.7. The number of amides is 2. The first kappa shape index (κ1) is 43.3. The van der Waals surface area contributed by atoms with Crippen molar-refractivity contribution in [2.75, 3.05) is 43.7 Å². The van der Waals surface area contributed by atoms with Gasteiger partial charge in [0.1, 0.15) is 11.5 Å². The van der Waals surface area contributed by atoms with Gasteiger partial charge in [0.05, 0.1) is 57.8 Å². The normalized spacial score (nSPS) is 22.4. The molecule has 4 heterocycles. The molecule has 0 aliphatic carbocycles. The van der Waals surface area contributed by atoms with E-state index in [-0.39, 0.29) is 48.5 Å². The monoisotopic (exact) mass is 858 g/mol. The molecule has 1 aromatic heterocycles. The lowest BCUT2D eigenvalue weighted by atomic mass is 9.82. The van der Waals surface area contributed by atoms with Crippen molar-refractivity contribution in [3.8, 4) is 11.5 Å². The fourth-order valence-corrected chi connectivity index (χ4v) is 14.2. The van der Waals surface area contributed by atoms with Crippen LogP contribution >= 0.6 is 0 Å². The van der Waals surface area contributed by atoms with E-state index in [1.165, 1.54) is 5.19 Å². The summed E-state index contributed by atoms with van der Waals surface area (Å²) in [5, 5.41) is 36.6. The van der Waals surface area contributed by atoms with Crippen molar-refractivity contribution in [3.63, 3.8) is 0 Å². The van der Waals surface area contributed by atoms with Crippen LogP contribution in [0, 0.1) is 5.92 Å². The van der Waals surface area contributed by atoms with Gasteiger partial charge in [0.2, 0.25) is 5.91 Å². The second kappa shape index (κ2) is 18.1. The summed E-state index contributed by atoms with van der Waals surface area (Å²) in [5.74, 6) is 0.654. The molecule has 326 valence electrons. The van der Waals surface area contributed by atoms with E-state index in [2.05, 4.69) is 53.1 Å². The second-order valence-corrected chi connectivity index (χ2v) is 21.9. The highest BCUT2D eigenvalue weighted by Crippen LogP contribution is 2.59. The molecule has 2 amide bonds. The van der Waals surface area contributed by atoms with Crippen molar-refractivity contribution in [1.29, 1.82) is 0 Å². The van der Waals surface area contributed by atoms with Gasteiger partial charge in [-0.05, 0) is 104 Å². The summed E-state index contributed by atoms with van der Waals surface area (Å²) in [4.78, 5) is 31.0. The molecule has 3 aliphatic heterocycles. The van der Waals surface area contributed by atoms with E-state index in [9.17, 15) is 19.8 Å². The van der Waals surface area contributed by atoms with Crippen LogP contribution in [0.5, 0.6) is 11.5 Å². The number of methoxy groups -OCH3 is 1. The van der Waals surface area contributed by atoms with Crippen molar-refractivity contribution in [3.05, 3.63) is 120 Å². The Bertz CT molecular complexity index is 2380. The van der Waals surface area contributed by atoms with Crippen LogP contribution in [0.1, 0.15) is 61.4 Å². The first-order valence-electron chi connectivity index (χ1n) is 21.8. The van der Waals surface area contributed by atoms with Gasteiger partial charge in [-0.2, -0.15) is 0 Å². The predicted octanol–water partition coefficient (Wildman–Crippen LogP) is 6.02. The minimum atomic E-state index is -2.44. The Balaban J connectivity index is 1.16. The number of carbonyl (C=O) groups excluding carboxylic acids is 2. The fraction of sp³-hybridized carbons (Fsp3) is 0.417. The number of aliphatic hydroxyl groups is 2. The number of ether oxygens (including phenoxy) is 3. The van der Waals surface area contributed by atoms with E-state index in [4.69, 9.17) is 14.2 Å². The molecule has 3 aliphatic rings. The third kappa shape index (κ3) is 7.94. The summed E-state index contributed by atoms with van der Waals surface area (Å²) in [6.45, 7) is 10.4. The Kier molecular flexibility index (Phi) is 12.7. The fourth-order valence-electron chi connectivity index (χ4n) is 10.1. The maximum atomic E-state index is 14.7. The van der Waals surface area contributed by atoms with Crippen molar-refractivity contribution >= 4 is 42.1 Å². The zero-order valence-electron chi connectivity index (χ0n) is 36.2. The van der Waals surface area contributed by atoms with Gasteiger partial charge in [0.25, 0.3) is 5.91 Å². The van der Waals surface area contributed by atoms with Crippen LogP contribution in [-0.4, -0.2) is 90.7 Å². The topological polar surface area (TPSA) is 160 Å². The molecule has 13 nitrogen and oxygen atoms in total. The SMILES string of the molecule is CCOc1ccc2c(c1)CC(NCCCCO)C(=O)N2c1ccc2c(c1)[C@]1(O[C@@H](CCn3cc(C(CO)c4ccccc4)nn3)[C@H]([Si](C)(C)c3ccc(OC)cc3)[C@H]1C)C(=O)N2. The number of aliphatic hydroxyl groups excluding tert-OH is 2. The standard InChI is InChI=1S/C48H58N6O7Si/c1-6-60-36-17-21-43-33(26-36)27-41(49-23-10-11-25-55)46(57)54(43)34-14-20-40-39(28-34)48(47(58)50-40)31(2)45(62(4,5)37-18-15-35(59-3)16-19-37)44(61-48)22-24-53-29-42(51-52-53)38(30-56)32-12-8-7-9-13-32/h7-9,12-21,26,28-29,31,38,41,44-45,49,55-56H,6,10-11,22-25,27,30H2,1-5H3,(H,50,58)/t31-,38?,41?,44+,45-,48+/m1/s1. The number of rotatable bonds is 17. The number of aryl methyl sites for hydroxylation is 1. The summed E-state index contributed by atoms with van der Waals surface area (Å²) in [6, 6.07) is 29.2. The highest BCUT2D eigenvalue weighted by molar-refractivity contribution is 6.91. The number of benzene rings is 4. The number of carbonyl (C=O) groups is 2. The molecule has 1 fully saturated rings. The number of unbranched alkanes of at least 4 members (excludes halogenated alkanes) is 1. The zero-order valence-corrected chi connectivity index (χ0v) is 37.2. The van der Waals surface area contributed by atoms with Gasteiger partial charge in [0.15, 0.2) is 5.60 Å². The summed E-state index contributed by atoms with van der Waals surface area (Å²) < 4.78 is 20.5. The Morgan fingerprint density at radius 3 is 2.50 bits per heavy atom. The molecule has 1 saturated heterocycles. The van der Waals surface area contributed by atoms with Gasteiger partial charge < -0.3 is 35.1 Å². The summed E-state index contributed by atoms with van der Waals surface area (Å²) in [6.07, 6.45) is 4.00. The minimum absolute atomic E-state index is 0.0180. The average Bonchev–Trinajstić information content (AvgIpc) is 3.96. The smallest absolute Gasteiger partial charge is 0.261 e. The largest absolute Gasteiger partial charge is 0.497 e. The van der Waals surface area contributed by atoms with Gasteiger partial charge >= 0.3 is 0 Å². The number of aromatic nitrogens is 3. The van der Waals surface area contributed by atoms with Crippen LogP contribution in [0.15, 0.2) is 97.2 Å². The van der Waals surface area contributed by atoms with Gasteiger partial charge in [-0.25, -0.2) is 0 Å². The quantitative estimate of drug-likeness (QED) is 0.0644. The van der Waals surface area contributed by atoms with Crippen LogP contribution in [0.4, 0.5) is 17.1 Å². The molecule has 1 spiro atoms. The van der Waals surface area contributed by atoms with Crippen LogP contribution in [0.25, 0.3) is 0 Å². The molecule has 6 atom stereocenters. The molecular formula is C48H58N6O7Si. The molecule has 14 heteroatoms. The number of anilines is 3. The van der Waals surface area contributed by atoms with Crippen LogP contribution in [-0.2, 0) is 32.9 Å². The molecular weight excluding hydrogens is 801 g/mol.